The molecule has 0 radical (unpaired) electrons. The zero-order valence-electron chi connectivity index (χ0n) is 14.8. The molecule has 140 valence electrons. The summed E-state index contributed by atoms with van der Waals surface area (Å²) in [5.41, 5.74) is 0.627. The fraction of sp³-hybridized carbons (Fsp3) is 0.526. The molecule has 1 heterocycles. The first kappa shape index (κ1) is 18.2. The molecule has 1 aromatic rings. The number of hydrogen-bond acceptors (Lipinski definition) is 4. The predicted octanol–water partition coefficient (Wildman–Crippen LogP) is 2.13. The highest BCUT2D eigenvalue weighted by Crippen LogP contribution is 2.30. The Morgan fingerprint density at radius 3 is 2.73 bits per heavy atom. The van der Waals surface area contributed by atoms with Gasteiger partial charge in [0.05, 0.1) is 0 Å². The van der Waals surface area contributed by atoms with Gasteiger partial charge in [0.25, 0.3) is 5.91 Å². The number of rotatable bonds is 6. The lowest BCUT2D eigenvalue weighted by molar-refractivity contribution is -0.153. The van der Waals surface area contributed by atoms with Crippen LogP contribution in [0, 0.1) is 11.8 Å². The summed E-state index contributed by atoms with van der Waals surface area (Å²) in [6, 6.07) is 6.08. The lowest BCUT2D eigenvalue weighted by atomic mass is 9.92. The maximum atomic E-state index is 12.4. The van der Waals surface area contributed by atoms with Crippen LogP contribution in [0.1, 0.15) is 32.6 Å². The van der Waals surface area contributed by atoms with Gasteiger partial charge in [0.2, 0.25) is 5.91 Å². The van der Waals surface area contributed by atoms with Crippen molar-refractivity contribution in [3.8, 4) is 5.75 Å². The van der Waals surface area contributed by atoms with Crippen LogP contribution in [0.3, 0.4) is 0 Å². The van der Waals surface area contributed by atoms with Crippen LogP contribution in [0.4, 0.5) is 5.69 Å². The summed E-state index contributed by atoms with van der Waals surface area (Å²) in [6.07, 6.45) is 3.10. The van der Waals surface area contributed by atoms with Gasteiger partial charge < -0.3 is 20.1 Å². The Kier molecular flexibility index (Phi) is 5.44. The summed E-state index contributed by atoms with van der Waals surface area (Å²) in [4.78, 5) is 37.0. The molecule has 0 aromatic heterocycles. The molecule has 1 aliphatic heterocycles. The van der Waals surface area contributed by atoms with Crippen molar-refractivity contribution in [3.05, 3.63) is 24.3 Å². The van der Waals surface area contributed by atoms with Gasteiger partial charge in [-0.2, -0.15) is 0 Å². The van der Waals surface area contributed by atoms with Gasteiger partial charge in [-0.25, -0.2) is 4.79 Å². The highest BCUT2D eigenvalue weighted by Gasteiger charge is 2.34. The van der Waals surface area contributed by atoms with E-state index in [9.17, 15) is 19.5 Å². The summed E-state index contributed by atoms with van der Waals surface area (Å²) >= 11 is 0. The van der Waals surface area contributed by atoms with E-state index in [0.29, 0.717) is 24.4 Å². The number of amides is 2. The number of nitrogens with zero attached hydrogens (tertiary/aromatic N) is 1. The molecule has 2 unspecified atom stereocenters. The average Bonchev–Trinajstić information content (AvgIpc) is 3.45. The van der Waals surface area contributed by atoms with Gasteiger partial charge in [0.15, 0.2) is 6.61 Å². The highest BCUT2D eigenvalue weighted by atomic mass is 16.5. The number of carboxylic acid groups (broad SMARTS) is 1. The van der Waals surface area contributed by atoms with Crippen LogP contribution in [0.25, 0.3) is 0 Å². The minimum absolute atomic E-state index is 0.00460. The largest absolute Gasteiger partial charge is 0.484 e. The lowest BCUT2D eigenvalue weighted by Gasteiger charge is -2.35. The van der Waals surface area contributed by atoms with Gasteiger partial charge in [0.1, 0.15) is 11.8 Å². The number of piperidine rings is 1. The smallest absolute Gasteiger partial charge is 0.326 e. The van der Waals surface area contributed by atoms with Crippen LogP contribution in [-0.4, -0.2) is 47.0 Å². The third kappa shape index (κ3) is 4.53. The first-order chi connectivity index (χ1) is 12.4. The number of nitrogens with one attached hydrogen (secondary N) is 1. The Bertz CT molecular complexity index is 701. The molecule has 1 saturated carbocycles. The van der Waals surface area contributed by atoms with Gasteiger partial charge >= 0.3 is 5.97 Å². The van der Waals surface area contributed by atoms with Crippen molar-refractivity contribution in [2.45, 2.75) is 38.6 Å². The summed E-state index contributed by atoms with van der Waals surface area (Å²) in [7, 11) is 0. The van der Waals surface area contributed by atoms with Crippen LogP contribution in [-0.2, 0) is 14.4 Å². The minimum Gasteiger partial charge on any atom is -0.484 e. The van der Waals surface area contributed by atoms with E-state index in [4.69, 9.17) is 4.74 Å². The maximum absolute atomic E-state index is 12.4. The number of aliphatic carboxylic acids is 1. The lowest BCUT2D eigenvalue weighted by Crippen LogP contribution is -2.51. The van der Waals surface area contributed by atoms with Gasteiger partial charge in [-0.1, -0.05) is 13.0 Å². The fourth-order valence-electron chi connectivity index (χ4n) is 3.16. The van der Waals surface area contributed by atoms with Crippen molar-refractivity contribution < 1.29 is 24.2 Å². The number of benzene rings is 1. The second-order valence-corrected chi connectivity index (χ2v) is 7.15. The summed E-state index contributed by atoms with van der Waals surface area (Å²) in [5, 5.41) is 12.2. The number of carbonyl (C=O) groups is 3. The van der Waals surface area contributed by atoms with Gasteiger partial charge in [-0.3, -0.25) is 9.59 Å². The number of hydrogen-bond donors (Lipinski definition) is 2. The molecule has 2 amide bonds. The molecule has 1 aromatic carbocycles. The predicted molar refractivity (Wildman–Crippen MR) is 94.8 cm³/mol. The van der Waals surface area contributed by atoms with Crippen molar-refractivity contribution in [2.75, 3.05) is 18.5 Å². The zero-order chi connectivity index (χ0) is 18.7. The monoisotopic (exact) mass is 360 g/mol. The van der Waals surface area contributed by atoms with E-state index < -0.39 is 12.0 Å². The molecule has 1 aliphatic carbocycles. The van der Waals surface area contributed by atoms with E-state index in [1.54, 1.807) is 24.3 Å². The molecular formula is C19H24N2O5. The van der Waals surface area contributed by atoms with Crippen LogP contribution < -0.4 is 10.1 Å². The highest BCUT2D eigenvalue weighted by molar-refractivity contribution is 5.94. The van der Waals surface area contributed by atoms with Crippen molar-refractivity contribution >= 4 is 23.5 Å². The first-order valence-corrected chi connectivity index (χ1v) is 9.00. The standard InChI is InChI=1S/C19H24N2O5/c1-12-7-8-21(16(9-12)19(24)25)17(22)11-26-15-4-2-3-14(10-15)20-18(23)13-5-6-13/h2-4,10,12-13,16H,5-9,11H2,1H3,(H,20,23)(H,24,25). The Labute approximate surface area is 152 Å². The van der Waals surface area contributed by atoms with Crippen molar-refractivity contribution in [1.82, 2.24) is 4.90 Å². The van der Waals surface area contributed by atoms with Gasteiger partial charge in [-0.05, 0) is 43.7 Å². The van der Waals surface area contributed by atoms with Gasteiger partial charge in [-0.15, -0.1) is 0 Å². The van der Waals surface area contributed by atoms with E-state index >= 15 is 0 Å². The van der Waals surface area contributed by atoms with Crippen LogP contribution in [0.2, 0.25) is 0 Å². The number of likely N-dealkylation sites (tertiary alicyclic amines) is 1. The van der Waals surface area contributed by atoms with Crippen molar-refractivity contribution in [3.63, 3.8) is 0 Å². The molecule has 7 heteroatoms. The molecule has 0 bridgehead atoms. The number of carboxylic acids is 1. The molecule has 3 rings (SSSR count). The zero-order valence-corrected chi connectivity index (χ0v) is 14.8. The first-order valence-electron chi connectivity index (χ1n) is 9.00. The third-order valence-electron chi connectivity index (χ3n) is 4.88. The van der Waals surface area contributed by atoms with E-state index in [-0.39, 0.29) is 30.3 Å². The Morgan fingerprint density at radius 1 is 1.27 bits per heavy atom. The average molecular weight is 360 g/mol. The van der Waals surface area contributed by atoms with Crippen LogP contribution in [0.5, 0.6) is 5.75 Å². The number of ether oxygens (including phenoxy) is 1. The summed E-state index contributed by atoms with van der Waals surface area (Å²) in [5.74, 6) is -0.455. The Morgan fingerprint density at radius 2 is 2.04 bits per heavy atom. The van der Waals surface area contributed by atoms with Crippen LogP contribution in [0.15, 0.2) is 24.3 Å². The van der Waals surface area contributed by atoms with Gasteiger partial charge in [0, 0.05) is 24.2 Å². The van der Waals surface area contributed by atoms with E-state index in [2.05, 4.69) is 5.32 Å². The Balaban J connectivity index is 1.56. The molecule has 2 N–H and O–H groups in total. The quantitative estimate of drug-likeness (QED) is 0.810. The molecule has 2 fully saturated rings. The second-order valence-electron chi connectivity index (χ2n) is 7.15. The minimum atomic E-state index is -0.977. The molecule has 1 saturated heterocycles. The van der Waals surface area contributed by atoms with E-state index in [1.807, 2.05) is 6.92 Å². The number of carbonyl (C=O) groups excluding carboxylic acids is 2. The molecule has 0 spiro atoms. The number of anilines is 1. The van der Waals surface area contributed by atoms with Crippen LogP contribution >= 0.6 is 0 Å². The Hall–Kier alpha value is -2.57. The topological polar surface area (TPSA) is 95.9 Å². The molecule has 2 atom stereocenters. The maximum Gasteiger partial charge on any atom is 0.326 e. The summed E-state index contributed by atoms with van der Waals surface area (Å²) in [6.45, 7) is 2.20. The van der Waals surface area contributed by atoms with E-state index in [0.717, 1.165) is 19.3 Å². The molecular weight excluding hydrogens is 336 g/mol. The molecule has 2 aliphatic rings. The fourth-order valence-corrected chi connectivity index (χ4v) is 3.16. The third-order valence-corrected chi connectivity index (χ3v) is 4.88. The normalized spacial score (nSPS) is 22.6. The SMILES string of the molecule is CC1CCN(C(=O)COc2cccc(NC(=O)C3CC3)c2)C(C(=O)O)C1. The van der Waals surface area contributed by atoms with E-state index in [1.165, 1.54) is 4.90 Å². The molecule has 7 nitrogen and oxygen atoms in total. The van der Waals surface area contributed by atoms with Crippen molar-refractivity contribution in [2.24, 2.45) is 11.8 Å². The van der Waals surface area contributed by atoms with Crippen molar-refractivity contribution in [1.29, 1.82) is 0 Å². The second kappa shape index (κ2) is 7.76. The molecule has 26 heavy (non-hydrogen) atoms. The summed E-state index contributed by atoms with van der Waals surface area (Å²) < 4.78 is 5.54.